The maximum atomic E-state index is 12.6. The Kier molecular flexibility index (Phi) is 6.13. The van der Waals surface area contributed by atoms with E-state index >= 15 is 0 Å². The van der Waals surface area contributed by atoms with Crippen molar-refractivity contribution in [3.05, 3.63) is 42.0 Å². The number of anilines is 1. The Hall–Kier alpha value is -2.60. The third-order valence-corrected chi connectivity index (χ3v) is 5.14. The van der Waals surface area contributed by atoms with E-state index in [1.165, 1.54) is 0 Å². The van der Waals surface area contributed by atoms with E-state index in [2.05, 4.69) is 4.90 Å². The van der Waals surface area contributed by atoms with Crippen molar-refractivity contribution in [3.63, 3.8) is 0 Å². The van der Waals surface area contributed by atoms with Gasteiger partial charge in [-0.3, -0.25) is 4.79 Å². The van der Waals surface area contributed by atoms with Gasteiger partial charge in [-0.25, -0.2) is 4.98 Å². The number of carbonyl (C=O) groups is 1. The minimum Gasteiger partial charge on any atom is -0.507 e. The first-order valence-electron chi connectivity index (χ1n) is 9.96. The SMILES string of the molecule is CO[C@@H]1CN(c2cccc(-c3cccc(C)c3O)n2)CC[C@@H]1C(=O)OC(C)(C)C. The number of phenolic OH excluding ortho intramolecular Hbond substituents is 1. The highest BCUT2D eigenvalue weighted by Crippen LogP contribution is 2.32. The van der Waals surface area contributed by atoms with Crippen LogP contribution in [0, 0.1) is 12.8 Å². The van der Waals surface area contributed by atoms with Crippen LogP contribution in [0.2, 0.25) is 0 Å². The first-order valence-corrected chi connectivity index (χ1v) is 9.96. The number of nitrogens with zero attached hydrogens (tertiary/aromatic N) is 2. The average molecular weight is 399 g/mol. The summed E-state index contributed by atoms with van der Waals surface area (Å²) in [6.45, 7) is 8.72. The van der Waals surface area contributed by atoms with Crippen LogP contribution in [-0.4, -0.2) is 48.0 Å². The number of hydrogen-bond acceptors (Lipinski definition) is 6. The molecule has 0 unspecified atom stereocenters. The van der Waals surface area contributed by atoms with Gasteiger partial charge in [0, 0.05) is 25.8 Å². The lowest BCUT2D eigenvalue weighted by atomic mass is 9.93. The summed E-state index contributed by atoms with van der Waals surface area (Å²) in [5.41, 5.74) is 1.72. The van der Waals surface area contributed by atoms with Gasteiger partial charge in [0.15, 0.2) is 0 Å². The van der Waals surface area contributed by atoms with Crippen molar-refractivity contribution in [1.29, 1.82) is 0 Å². The van der Waals surface area contributed by atoms with Crippen LogP contribution in [0.15, 0.2) is 36.4 Å². The number of aromatic hydroxyl groups is 1. The molecule has 1 aliphatic rings. The summed E-state index contributed by atoms with van der Waals surface area (Å²) in [6, 6.07) is 11.4. The number of pyridine rings is 1. The van der Waals surface area contributed by atoms with E-state index in [1.807, 2.05) is 64.1 Å². The molecule has 0 radical (unpaired) electrons. The van der Waals surface area contributed by atoms with Crippen LogP contribution < -0.4 is 4.90 Å². The molecule has 0 spiro atoms. The highest BCUT2D eigenvalue weighted by Gasteiger charge is 2.37. The van der Waals surface area contributed by atoms with Gasteiger partial charge in [-0.2, -0.15) is 0 Å². The summed E-state index contributed by atoms with van der Waals surface area (Å²) in [7, 11) is 1.63. The Balaban J connectivity index is 1.79. The lowest BCUT2D eigenvalue weighted by Crippen LogP contribution is -2.49. The van der Waals surface area contributed by atoms with Gasteiger partial charge in [-0.05, 0) is 57.9 Å². The molecule has 0 bridgehead atoms. The molecule has 3 rings (SSSR count). The molecule has 0 amide bonds. The van der Waals surface area contributed by atoms with Crippen LogP contribution in [0.3, 0.4) is 0 Å². The quantitative estimate of drug-likeness (QED) is 0.787. The lowest BCUT2D eigenvalue weighted by molar-refractivity contribution is -0.165. The third-order valence-electron chi connectivity index (χ3n) is 5.14. The fourth-order valence-corrected chi connectivity index (χ4v) is 3.63. The Bertz CT molecular complexity index is 875. The maximum absolute atomic E-state index is 12.6. The zero-order valence-electron chi connectivity index (χ0n) is 17.8. The number of aryl methyl sites for hydroxylation is 1. The van der Waals surface area contributed by atoms with Crippen LogP contribution in [0.4, 0.5) is 5.82 Å². The van der Waals surface area contributed by atoms with Crippen molar-refractivity contribution >= 4 is 11.8 Å². The number of benzene rings is 1. The van der Waals surface area contributed by atoms with E-state index in [0.29, 0.717) is 30.8 Å². The largest absolute Gasteiger partial charge is 0.507 e. The number of piperidine rings is 1. The van der Waals surface area contributed by atoms with Gasteiger partial charge in [0.1, 0.15) is 17.2 Å². The van der Waals surface area contributed by atoms with Crippen molar-refractivity contribution in [2.24, 2.45) is 5.92 Å². The predicted molar refractivity (Wildman–Crippen MR) is 113 cm³/mol. The molecule has 1 fully saturated rings. The van der Waals surface area contributed by atoms with Gasteiger partial charge in [0.2, 0.25) is 0 Å². The van der Waals surface area contributed by atoms with Crippen LogP contribution in [0.25, 0.3) is 11.3 Å². The van der Waals surface area contributed by atoms with Crippen LogP contribution >= 0.6 is 0 Å². The molecule has 0 aliphatic carbocycles. The standard InChI is InChI=1S/C23H30N2O4/c1-15-8-6-9-16(21(15)26)18-10-7-11-20(24-18)25-13-12-17(19(14-25)28-5)22(27)29-23(2,3)4/h6-11,17,19,26H,12-14H2,1-5H3/t17-,19+/m0/s1. The topological polar surface area (TPSA) is 71.9 Å². The second-order valence-electron chi connectivity index (χ2n) is 8.50. The summed E-state index contributed by atoms with van der Waals surface area (Å²) in [5.74, 6) is 0.540. The van der Waals surface area contributed by atoms with Crippen molar-refractivity contribution < 1.29 is 19.4 Å². The van der Waals surface area contributed by atoms with Crippen LogP contribution in [-0.2, 0) is 14.3 Å². The van der Waals surface area contributed by atoms with Crippen molar-refractivity contribution in [1.82, 2.24) is 4.98 Å². The first kappa shape index (κ1) is 21.1. The summed E-state index contributed by atoms with van der Waals surface area (Å²) in [4.78, 5) is 19.4. The summed E-state index contributed by atoms with van der Waals surface area (Å²) in [6.07, 6.45) is 0.367. The third kappa shape index (κ3) is 4.88. The van der Waals surface area contributed by atoms with Gasteiger partial charge in [0.05, 0.1) is 17.7 Å². The Morgan fingerprint density at radius 3 is 2.62 bits per heavy atom. The molecule has 0 saturated carbocycles. The number of hydrogen-bond donors (Lipinski definition) is 1. The van der Waals surface area contributed by atoms with E-state index < -0.39 is 5.60 Å². The van der Waals surface area contributed by atoms with Crippen molar-refractivity contribution in [3.8, 4) is 17.0 Å². The number of carbonyl (C=O) groups excluding carboxylic acids is 1. The number of methoxy groups -OCH3 is 1. The van der Waals surface area contributed by atoms with Crippen molar-refractivity contribution in [2.75, 3.05) is 25.1 Å². The molecule has 6 heteroatoms. The van der Waals surface area contributed by atoms with E-state index in [0.717, 1.165) is 11.4 Å². The first-order chi connectivity index (χ1) is 13.7. The molecular weight excluding hydrogens is 368 g/mol. The van der Waals surface area contributed by atoms with Gasteiger partial charge < -0.3 is 19.5 Å². The molecule has 29 heavy (non-hydrogen) atoms. The van der Waals surface area contributed by atoms with Gasteiger partial charge in [-0.15, -0.1) is 0 Å². The van der Waals surface area contributed by atoms with Crippen LogP contribution in [0.1, 0.15) is 32.8 Å². The molecule has 1 aromatic carbocycles. The molecule has 2 heterocycles. The second-order valence-corrected chi connectivity index (χ2v) is 8.50. The summed E-state index contributed by atoms with van der Waals surface area (Å²) < 4.78 is 11.2. The van der Waals surface area contributed by atoms with E-state index in [9.17, 15) is 9.90 Å². The maximum Gasteiger partial charge on any atom is 0.312 e. The Labute approximate surface area is 172 Å². The minimum absolute atomic E-state index is 0.213. The summed E-state index contributed by atoms with van der Waals surface area (Å²) in [5, 5.41) is 10.4. The van der Waals surface area contributed by atoms with Gasteiger partial charge in [0.25, 0.3) is 0 Å². The lowest BCUT2D eigenvalue weighted by Gasteiger charge is -2.38. The highest BCUT2D eigenvalue weighted by molar-refractivity contribution is 5.74. The molecule has 2 atom stereocenters. The Morgan fingerprint density at radius 1 is 1.21 bits per heavy atom. The van der Waals surface area contributed by atoms with E-state index in [4.69, 9.17) is 14.5 Å². The molecule has 156 valence electrons. The monoisotopic (exact) mass is 398 g/mol. The fraction of sp³-hybridized carbons (Fsp3) is 0.478. The zero-order valence-corrected chi connectivity index (χ0v) is 17.8. The number of ether oxygens (including phenoxy) is 2. The van der Waals surface area contributed by atoms with Gasteiger partial charge in [-0.1, -0.05) is 18.2 Å². The fourth-order valence-electron chi connectivity index (χ4n) is 3.63. The number of rotatable bonds is 4. The molecule has 1 saturated heterocycles. The minimum atomic E-state index is -0.516. The second kappa shape index (κ2) is 8.41. The normalized spacial score (nSPS) is 19.8. The average Bonchev–Trinajstić information content (AvgIpc) is 2.68. The van der Waals surface area contributed by atoms with Gasteiger partial charge >= 0.3 is 5.97 Å². The molecule has 6 nitrogen and oxygen atoms in total. The Morgan fingerprint density at radius 2 is 1.93 bits per heavy atom. The highest BCUT2D eigenvalue weighted by atomic mass is 16.6. The molecule has 1 N–H and O–H groups in total. The smallest absolute Gasteiger partial charge is 0.312 e. The van der Waals surface area contributed by atoms with Crippen molar-refractivity contribution in [2.45, 2.75) is 45.8 Å². The molecule has 1 aromatic heterocycles. The molecule has 1 aliphatic heterocycles. The molecular formula is C23H30N2O4. The number of para-hydroxylation sites is 1. The van der Waals surface area contributed by atoms with E-state index in [1.54, 1.807) is 7.11 Å². The number of phenols is 1. The number of esters is 1. The molecule has 2 aromatic rings. The predicted octanol–water partition coefficient (Wildman–Crippen LogP) is 3.95. The van der Waals surface area contributed by atoms with E-state index in [-0.39, 0.29) is 23.7 Å². The summed E-state index contributed by atoms with van der Waals surface area (Å²) >= 11 is 0. The zero-order chi connectivity index (χ0) is 21.2. The van der Waals surface area contributed by atoms with Crippen LogP contribution in [0.5, 0.6) is 5.75 Å². The number of aromatic nitrogens is 1.